The van der Waals surface area contributed by atoms with Crippen LogP contribution in [-0.2, 0) is 28.8 Å². The van der Waals surface area contributed by atoms with Crippen LogP contribution in [0.1, 0.15) is 46.0 Å². The standard InChI is InChI=1S/C19H33N5O8S/c1-3-9(2)15(21)18(30)23-10(4-6-13(20)25)16(28)22-11(5-7-14(26)27)17(29)24-12(8-33)19(31)32/h9-12,15,33H,3-8,21H2,1-2H3,(H2,20,25)(H,22,28)(H,23,30)(H,24,29)(H,26,27)(H,31,32). The third kappa shape index (κ3) is 11.5. The van der Waals surface area contributed by atoms with Gasteiger partial charge in [0.25, 0.3) is 0 Å². The lowest BCUT2D eigenvalue weighted by molar-refractivity contribution is -0.142. The number of nitrogens with one attached hydrogen (secondary N) is 3. The van der Waals surface area contributed by atoms with Crippen LogP contribution in [0, 0.1) is 5.92 Å². The molecule has 0 aliphatic rings. The highest BCUT2D eigenvalue weighted by Crippen LogP contribution is 2.08. The molecule has 188 valence electrons. The Morgan fingerprint density at radius 2 is 1.30 bits per heavy atom. The summed E-state index contributed by atoms with van der Waals surface area (Å²) in [6.07, 6.45) is -0.714. The first-order chi connectivity index (χ1) is 15.3. The third-order valence-corrected chi connectivity index (χ3v) is 5.31. The summed E-state index contributed by atoms with van der Waals surface area (Å²) in [5.74, 6) is -6.27. The molecule has 0 aliphatic carbocycles. The maximum absolute atomic E-state index is 12.8. The van der Waals surface area contributed by atoms with Crippen molar-refractivity contribution < 1.29 is 39.0 Å². The summed E-state index contributed by atoms with van der Waals surface area (Å²) in [6.45, 7) is 3.57. The van der Waals surface area contributed by atoms with Gasteiger partial charge in [0.05, 0.1) is 6.04 Å². The van der Waals surface area contributed by atoms with Gasteiger partial charge in [0, 0.05) is 18.6 Å². The average molecular weight is 492 g/mol. The smallest absolute Gasteiger partial charge is 0.327 e. The first kappa shape index (κ1) is 30.1. The molecule has 5 unspecified atom stereocenters. The fraction of sp³-hybridized carbons (Fsp3) is 0.684. The van der Waals surface area contributed by atoms with Crippen LogP contribution in [0.5, 0.6) is 0 Å². The zero-order valence-corrected chi connectivity index (χ0v) is 19.5. The maximum atomic E-state index is 12.8. The van der Waals surface area contributed by atoms with Crippen molar-refractivity contribution in [2.75, 3.05) is 5.75 Å². The van der Waals surface area contributed by atoms with Crippen LogP contribution in [0.3, 0.4) is 0 Å². The highest BCUT2D eigenvalue weighted by molar-refractivity contribution is 7.80. The van der Waals surface area contributed by atoms with Gasteiger partial charge in [-0.05, 0) is 18.8 Å². The van der Waals surface area contributed by atoms with Gasteiger partial charge in [-0.2, -0.15) is 12.6 Å². The summed E-state index contributed by atoms with van der Waals surface area (Å²) in [6, 6.07) is -5.02. The van der Waals surface area contributed by atoms with E-state index in [-0.39, 0.29) is 30.9 Å². The largest absolute Gasteiger partial charge is 0.481 e. The number of rotatable bonds is 16. The van der Waals surface area contributed by atoms with Crippen molar-refractivity contribution in [2.24, 2.45) is 17.4 Å². The lowest BCUT2D eigenvalue weighted by Gasteiger charge is -2.25. The molecule has 0 aromatic heterocycles. The number of amides is 4. The SMILES string of the molecule is CCC(C)C(N)C(=O)NC(CCC(N)=O)C(=O)NC(CCC(=O)O)C(=O)NC(CS)C(=O)O. The third-order valence-electron chi connectivity index (χ3n) is 4.95. The number of hydrogen-bond donors (Lipinski definition) is 8. The molecule has 0 aliphatic heterocycles. The van der Waals surface area contributed by atoms with E-state index in [0.29, 0.717) is 6.42 Å². The summed E-state index contributed by atoms with van der Waals surface area (Å²) in [4.78, 5) is 71.1. The molecule has 0 saturated heterocycles. The van der Waals surface area contributed by atoms with Gasteiger partial charge in [-0.3, -0.25) is 24.0 Å². The fourth-order valence-electron chi connectivity index (χ4n) is 2.60. The lowest BCUT2D eigenvalue weighted by atomic mass is 9.98. The van der Waals surface area contributed by atoms with Crippen molar-refractivity contribution in [3.63, 3.8) is 0 Å². The number of hydrogen-bond acceptors (Lipinski definition) is 8. The van der Waals surface area contributed by atoms with E-state index in [1.807, 2.05) is 6.92 Å². The van der Waals surface area contributed by atoms with Gasteiger partial charge >= 0.3 is 11.9 Å². The van der Waals surface area contributed by atoms with Gasteiger partial charge in [-0.25, -0.2) is 4.79 Å². The normalized spacial score (nSPS) is 15.3. The Hall–Kier alpha value is -2.87. The van der Waals surface area contributed by atoms with E-state index in [4.69, 9.17) is 21.7 Å². The Bertz CT molecular complexity index is 735. The van der Waals surface area contributed by atoms with Gasteiger partial charge in [0.2, 0.25) is 23.6 Å². The number of carboxylic acid groups (broad SMARTS) is 2. The number of nitrogens with two attached hydrogens (primary N) is 2. The second-order valence-electron chi connectivity index (χ2n) is 7.55. The Kier molecular flexibility index (Phi) is 13.7. The molecule has 0 aromatic rings. The summed E-state index contributed by atoms with van der Waals surface area (Å²) < 4.78 is 0. The minimum absolute atomic E-state index is 0.193. The number of carbonyl (C=O) groups excluding carboxylic acids is 4. The van der Waals surface area contributed by atoms with Crippen LogP contribution < -0.4 is 27.4 Å². The van der Waals surface area contributed by atoms with E-state index in [9.17, 15) is 28.8 Å². The van der Waals surface area contributed by atoms with Crippen molar-refractivity contribution >= 4 is 48.2 Å². The monoisotopic (exact) mass is 491 g/mol. The summed E-state index contributed by atoms with van der Waals surface area (Å²) in [5.41, 5.74) is 11.0. The maximum Gasteiger partial charge on any atom is 0.327 e. The molecule has 33 heavy (non-hydrogen) atoms. The molecule has 4 amide bonds. The predicted octanol–water partition coefficient (Wildman–Crippen LogP) is -2.04. The highest BCUT2D eigenvalue weighted by atomic mass is 32.1. The molecule has 9 N–H and O–H groups in total. The molecule has 0 fully saturated rings. The Morgan fingerprint density at radius 1 is 0.848 bits per heavy atom. The van der Waals surface area contributed by atoms with E-state index in [1.54, 1.807) is 6.92 Å². The van der Waals surface area contributed by atoms with E-state index in [0.717, 1.165) is 0 Å². The molecular weight excluding hydrogens is 458 g/mol. The topological polar surface area (TPSA) is 231 Å². The lowest BCUT2D eigenvalue weighted by Crippen LogP contribution is -2.58. The van der Waals surface area contributed by atoms with Gasteiger partial charge in [-0.15, -0.1) is 0 Å². The zero-order chi connectivity index (χ0) is 25.7. The van der Waals surface area contributed by atoms with Gasteiger partial charge in [0.15, 0.2) is 0 Å². The second kappa shape index (κ2) is 15.1. The van der Waals surface area contributed by atoms with Crippen LogP contribution in [0.2, 0.25) is 0 Å². The molecular formula is C19H33N5O8S. The quantitative estimate of drug-likeness (QED) is 0.111. The molecule has 13 nitrogen and oxygen atoms in total. The Balaban J connectivity index is 5.58. The fourth-order valence-corrected chi connectivity index (χ4v) is 2.85. The van der Waals surface area contributed by atoms with Crippen molar-refractivity contribution in [3.8, 4) is 0 Å². The molecule has 0 aromatic carbocycles. The molecule has 0 spiro atoms. The molecule has 0 radical (unpaired) electrons. The van der Waals surface area contributed by atoms with Crippen LogP contribution in [0.15, 0.2) is 0 Å². The van der Waals surface area contributed by atoms with Gasteiger partial charge in [-0.1, -0.05) is 20.3 Å². The van der Waals surface area contributed by atoms with Crippen molar-refractivity contribution in [1.29, 1.82) is 0 Å². The number of aliphatic carboxylic acids is 2. The highest BCUT2D eigenvalue weighted by Gasteiger charge is 2.31. The van der Waals surface area contributed by atoms with Crippen LogP contribution >= 0.6 is 12.6 Å². The number of thiol groups is 1. The van der Waals surface area contributed by atoms with E-state index < -0.39 is 66.2 Å². The summed E-state index contributed by atoms with van der Waals surface area (Å²) >= 11 is 3.83. The Labute approximate surface area is 196 Å². The molecule has 0 rings (SSSR count). The van der Waals surface area contributed by atoms with Gasteiger partial charge in [0.1, 0.15) is 18.1 Å². The van der Waals surface area contributed by atoms with Crippen molar-refractivity contribution in [1.82, 2.24) is 16.0 Å². The van der Waals surface area contributed by atoms with Crippen LogP contribution in [0.4, 0.5) is 0 Å². The average Bonchev–Trinajstić information content (AvgIpc) is 2.75. The first-order valence-electron chi connectivity index (χ1n) is 10.3. The zero-order valence-electron chi connectivity index (χ0n) is 18.6. The number of carbonyl (C=O) groups is 6. The molecule has 0 bridgehead atoms. The number of primary amides is 1. The Morgan fingerprint density at radius 3 is 1.70 bits per heavy atom. The predicted molar refractivity (Wildman–Crippen MR) is 120 cm³/mol. The molecule has 0 saturated carbocycles. The van der Waals surface area contributed by atoms with E-state index in [1.165, 1.54) is 0 Å². The minimum atomic E-state index is -1.42. The molecule has 0 heterocycles. The summed E-state index contributed by atoms with van der Waals surface area (Å²) in [5, 5.41) is 24.9. The first-order valence-corrected chi connectivity index (χ1v) is 11.0. The van der Waals surface area contributed by atoms with Crippen LogP contribution in [0.25, 0.3) is 0 Å². The van der Waals surface area contributed by atoms with Gasteiger partial charge < -0.3 is 37.6 Å². The van der Waals surface area contributed by atoms with E-state index >= 15 is 0 Å². The minimum Gasteiger partial charge on any atom is -0.481 e. The molecule has 5 atom stereocenters. The summed E-state index contributed by atoms with van der Waals surface area (Å²) in [7, 11) is 0. The van der Waals surface area contributed by atoms with Crippen molar-refractivity contribution in [3.05, 3.63) is 0 Å². The second-order valence-corrected chi connectivity index (χ2v) is 7.92. The van der Waals surface area contributed by atoms with E-state index in [2.05, 4.69) is 28.6 Å². The number of carboxylic acids is 2. The van der Waals surface area contributed by atoms with Crippen LogP contribution in [-0.4, -0.2) is 75.7 Å². The van der Waals surface area contributed by atoms with Crippen molar-refractivity contribution in [2.45, 2.75) is 70.1 Å². The molecule has 14 heteroatoms.